The van der Waals surface area contributed by atoms with Crippen LogP contribution in [0.15, 0.2) is 53.7 Å². The Labute approximate surface area is 178 Å². The summed E-state index contributed by atoms with van der Waals surface area (Å²) in [6.07, 6.45) is 3.07. The molecule has 3 aromatic rings. The van der Waals surface area contributed by atoms with Gasteiger partial charge in [0.25, 0.3) is 0 Å². The maximum absolute atomic E-state index is 14.1. The summed E-state index contributed by atoms with van der Waals surface area (Å²) < 4.78 is 53.0. The molecule has 0 radical (unpaired) electrons. The van der Waals surface area contributed by atoms with E-state index in [1.165, 1.54) is 13.1 Å². The van der Waals surface area contributed by atoms with Crippen molar-refractivity contribution in [3.8, 4) is 11.1 Å². The van der Waals surface area contributed by atoms with E-state index < -0.39 is 32.1 Å². The predicted octanol–water partition coefficient (Wildman–Crippen LogP) is 3.42. The highest BCUT2D eigenvalue weighted by atomic mass is 32.2. The number of nitrogens with zero attached hydrogens (tertiary/aromatic N) is 3. The summed E-state index contributed by atoms with van der Waals surface area (Å²) in [5.41, 5.74) is 1.58. The SMILES string of the molecule is CC(=O)Nc1cc(-c2cnc(N(C)C)c(CS(=O)(=O)c3ccc(F)cc3F)c2)ccn1. The molecule has 2 aromatic heterocycles. The normalized spacial score (nSPS) is 11.3. The second-order valence-corrected chi connectivity index (χ2v) is 9.00. The number of nitrogens with one attached hydrogen (secondary N) is 1. The minimum atomic E-state index is -4.12. The zero-order valence-electron chi connectivity index (χ0n) is 17.1. The Kier molecular flexibility index (Phi) is 6.30. The molecule has 0 atom stereocenters. The molecular weight excluding hydrogens is 426 g/mol. The lowest BCUT2D eigenvalue weighted by molar-refractivity contribution is -0.114. The van der Waals surface area contributed by atoms with Crippen LogP contribution in [0.4, 0.5) is 20.4 Å². The van der Waals surface area contributed by atoms with Crippen molar-refractivity contribution in [1.29, 1.82) is 0 Å². The first kappa shape index (κ1) is 22.3. The van der Waals surface area contributed by atoms with Crippen molar-refractivity contribution >= 4 is 27.4 Å². The number of carbonyl (C=O) groups is 1. The molecule has 0 saturated carbocycles. The monoisotopic (exact) mass is 446 g/mol. The Morgan fingerprint density at radius 2 is 1.81 bits per heavy atom. The minimum Gasteiger partial charge on any atom is -0.362 e. The number of hydrogen-bond donors (Lipinski definition) is 1. The van der Waals surface area contributed by atoms with Crippen molar-refractivity contribution in [2.75, 3.05) is 24.3 Å². The summed E-state index contributed by atoms with van der Waals surface area (Å²) in [6.45, 7) is 1.36. The van der Waals surface area contributed by atoms with Crippen molar-refractivity contribution < 1.29 is 22.0 Å². The fourth-order valence-corrected chi connectivity index (χ4v) is 4.45. The number of anilines is 2. The summed E-state index contributed by atoms with van der Waals surface area (Å²) in [4.78, 5) is 20.8. The second-order valence-electron chi connectivity index (χ2n) is 7.05. The molecule has 10 heteroatoms. The maximum Gasteiger partial charge on any atom is 0.222 e. The molecule has 0 fully saturated rings. The van der Waals surface area contributed by atoms with Gasteiger partial charge < -0.3 is 10.2 Å². The number of pyridine rings is 2. The highest BCUT2D eigenvalue weighted by Crippen LogP contribution is 2.29. The van der Waals surface area contributed by atoms with E-state index in [-0.39, 0.29) is 5.91 Å². The topological polar surface area (TPSA) is 92.3 Å². The molecule has 3 rings (SSSR count). The lowest BCUT2D eigenvalue weighted by atomic mass is 10.1. The molecule has 0 unspecified atom stereocenters. The summed E-state index contributed by atoms with van der Waals surface area (Å²) in [5, 5.41) is 2.58. The maximum atomic E-state index is 14.1. The van der Waals surface area contributed by atoms with Crippen LogP contribution >= 0.6 is 0 Å². The number of carbonyl (C=O) groups excluding carboxylic acids is 1. The third-order valence-electron chi connectivity index (χ3n) is 4.34. The molecule has 31 heavy (non-hydrogen) atoms. The molecule has 7 nitrogen and oxygen atoms in total. The van der Waals surface area contributed by atoms with Gasteiger partial charge in [0, 0.05) is 50.6 Å². The van der Waals surface area contributed by atoms with Gasteiger partial charge in [-0.1, -0.05) is 0 Å². The standard InChI is InChI=1S/C21H20F2N4O3S/c1-13(28)26-20-9-14(6-7-24-20)15-8-16(21(25-11-15)27(2)3)12-31(29,30)19-5-4-17(22)10-18(19)23/h4-11H,12H2,1-3H3,(H,24,26,28). The Morgan fingerprint density at radius 3 is 2.45 bits per heavy atom. The van der Waals surface area contributed by atoms with Crippen LogP contribution in [0, 0.1) is 11.6 Å². The molecule has 2 heterocycles. The summed E-state index contributed by atoms with van der Waals surface area (Å²) in [5.74, 6) is -2.09. The van der Waals surface area contributed by atoms with Crippen molar-refractivity contribution in [2.24, 2.45) is 0 Å². The number of benzene rings is 1. The largest absolute Gasteiger partial charge is 0.362 e. The molecule has 0 aliphatic heterocycles. The quantitative estimate of drug-likeness (QED) is 0.584. The zero-order valence-corrected chi connectivity index (χ0v) is 17.9. The number of hydrogen-bond acceptors (Lipinski definition) is 6. The minimum absolute atomic E-state index is 0.279. The highest BCUT2D eigenvalue weighted by Gasteiger charge is 2.23. The number of sulfone groups is 1. The third-order valence-corrected chi connectivity index (χ3v) is 6.03. The van der Waals surface area contributed by atoms with E-state index in [9.17, 15) is 22.0 Å². The average molecular weight is 446 g/mol. The molecule has 0 bridgehead atoms. The van der Waals surface area contributed by atoms with Gasteiger partial charge in [-0.15, -0.1) is 0 Å². The van der Waals surface area contributed by atoms with Crippen LogP contribution in [0.5, 0.6) is 0 Å². The second kappa shape index (κ2) is 8.76. The van der Waals surface area contributed by atoms with E-state index in [0.29, 0.717) is 34.4 Å². The molecule has 1 N–H and O–H groups in total. The van der Waals surface area contributed by atoms with Gasteiger partial charge in [0.2, 0.25) is 5.91 Å². The predicted molar refractivity (Wildman–Crippen MR) is 113 cm³/mol. The summed E-state index contributed by atoms with van der Waals surface area (Å²) in [7, 11) is -0.705. The molecule has 0 aliphatic carbocycles. The summed E-state index contributed by atoms with van der Waals surface area (Å²) in [6, 6.07) is 7.30. The fraction of sp³-hybridized carbons (Fsp3) is 0.190. The van der Waals surface area contributed by atoms with Gasteiger partial charge >= 0.3 is 0 Å². The number of amides is 1. The van der Waals surface area contributed by atoms with Crippen LogP contribution in [0.3, 0.4) is 0 Å². The average Bonchev–Trinajstić information content (AvgIpc) is 2.66. The van der Waals surface area contributed by atoms with E-state index in [1.807, 2.05) is 0 Å². The lowest BCUT2D eigenvalue weighted by Gasteiger charge is -2.18. The van der Waals surface area contributed by atoms with Crippen LogP contribution in [-0.4, -0.2) is 38.4 Å². The smallest absolute Gasteiger partial charge is 0.222 e. The van der Waals surface area contributed by atoms with Crippen molar-refractivity contribution in [3.63, 3.8) is 0 Å². The van der Waals surface area contributed by atoms with Crippen molar-refractivity contribution in [1.82, 2.24) is 9.97 Å². The number of rotatable bonds is 6. The number of aromatic nitrogens is 2. The molecular formula is C21H20F2N4O3S. The van der Waals surface area contributed by atoms with Gasteiger partial charge in [0.15, 0.2) is 9.84 Å². The molecule has 1 amide bonds. The molecule has 1 aromatic carbocycles. The first-order chi connectivity index (χ1) is 14.6. The molecule has 162 valence electrons. The Balaban J connectivity index is 2.04. The van der Waals surface area contributed by atoms with Crippen LogP contribution in [0.25, 0.3) is 11.1 Å². The van der Waals surface area contributed by atoms with Crippen LogP contribution < -0.4 is 10.2 Å². The van der Waals surface area contributed by atoms with E-state index in [4.69, 9.17) is 0 Å². The van der Waals surface area contributed by atoms with Gasteiger partial charge in [-0.25, -0.2) is 27.2 Å². The van der Waals surface area contributed by atoms with E-state index in [2.05, 4.69) is 15.3 Å². The van der Waals surface area contributed by atoms with Gasteiger partial charge in [-0.2, -0.15) is 0 Å². The zero-order chi connectivity index (χ0) is 22.8. The molecule has 0 saturated heterocycles. The lowest BCUT2D eigenvalue weighted by Crippen LogP contribution is -2.16. The summed E-state index contributed by atoms with van der Waals surface area (Å²) >= 11 is 0. The Morgan fingerprint density at radius 1 is 1.06 bits per heavy atom. The number of halogens is 2. The highest BCUT2D eigenvalue weighted by molar-refractivity contribution is 7.90. The molecule has 0 aliphatic rings. The third kappa shape index (κ3) is 5.21. The first-order valence-corrected chi connectivity index (χ1v) is 10.8. The van der Waals surface area contributed by atoms with Crippen molar-refractivity contribution in [2.45, 2.75) is 17.6 Å². The van der Waals surface area contributed by atoms with Crippen molar-refractivity contribution in [3.05, 3.63) is 66.0 Å². The van der Waals surface area contributed by atoms with Crippen LogP contribution in [0.2, 0.25) is 0 Å². The Bertz CT molecular complexity index is 1250. The van der Waals surface area contributed by atoms with Gasteiger partial charge in [-0.3, -0.25) is 4.79 Å². The molecule has 0 spiro atoms. The van der Waals surface area contributed by atoms with Crippen LogP contribution in [-0.2, 0) is 20.4 Å². The van der Waals surface area contributed by atoms with E-state index in [1.54, 1.807) is 43.4 Å². The Hall–Kier alpha value is -3.40. The van der Waals surface area contributed by atoms with E-state index in [0.717, 1.165) is 12.1 Å². The van der Waals surface area contributed by atoms with E-state index >= 15 is 0 Å². The van der Waals surface area contributed by atoms with Gasteiger partial charge in [-0.05, 0) is 35.9 Å². The first-order valence-electron chi connectivity index (χ1n) is 9.15. The van der Waals surface area contributed by atoms with Gasteiger partial charge in [0.1, 0.15) is 28.2 Å². The fourth-order valence-electron chi connectivity index (χ4n) is 3.04. The van der Waals surface area contributed by atoms with Gasteiger partial charge in [0.05, 0.1) is 5.75 Å². The van der Waals surface area contributed by atoms with Crippen LogP contribution in [0.1, 0.15) is 12.5 Å².